The van der Waals surface area contributed by atoms with Crippen molar-refractivity contribution in [3.63, 3.8) is 0 Å². The molecule has 0 aliphatic carbocycles. The van der Waals surface area contributed by atoms with Crippen molar-refractivity contribution in [3.8, 4) is 0 Å². The predicted molar refractivity (Wildman–Crippen MR) is 148 cm³/mol. The third kappa shape index (κ3) is 5.74. The maximum atomic E-state index is 16.1. The van der Waals surface area contributed by atoms with Gasteiger partial charge in [-0.05, 0) is 0 Å². The maximum absolute atomic E-state index is 16.1. The Morgan fingerprint density at radius 1 is 0.260 bits per heavy atom. The van der Waals surface area contributed by atoms with Crippen LogP contribution in [-0.4, -0.2) is 6.15 Å². The third-order valence-corrected chi connectivity index (χ3v) is 8.89. The molecule has 0 aromatic heterocycles. The first kappa shape index (κ1) is 42.0. The van der Waals surface area contributed by atoms with Gasteiger partial charge in [-0.1, -0.05) is 0 Å². The van der Waals surface area contributed by atoms with Gasteiger partial charge in [0.05, 0.1) is 23.5 Å². The van der Waals surface area contributed by atoms with E-state index < -0.39 is 167 Å². The van der Waals surface area contributed by atoms with E-state index in [2.05, 4.69) is 0 Å². The van der Waals surface area contributed by atoms with E-state index in [4.69, 9.17) is 46.4 Å². The van der Waals surface area contributed by atoms with E-state index in [9.17, 15) is 0 Å². The first-order chi connectivity index (χ1) is 22.9. The molecule has 0 saturated carbocycles. The van der Waals surface area contributed by atoms with Crippen molar-refractivity contribution >= 4 is 74.4 Å². The van der Waals surface area contributed by atoms with Crippen LogP contribution in [0.3, 0.4) is 0 Å². The molecule has 0 radical (unpaired) electrons. The smallest absolute Gasteiger partial charge is 0.207 e. The average molecular weight is 808 g/mol. The summed E-state index contributed by atoms with van der Waals surface area (Å²) >= 11 is 21.1. The SMILES string of the molecule is Fc1c(F)c([B-](c2c(F)c(F)c(CCl)c(F)c2F)(c2c(F)c(F)c(CCl)c(F)c2F)c2c(F)c(F)c(CCl)c(F)c2F)c(F)c(F)c1CCl.[Li+]. The standard InChI is InChI=1S/C28H8BCl4F16.Li/c30-1-5-13(34)21(42)9(22(43)14(5)35)29(10-23(44)15(36)6(2-31)16(37)24(10)45,11-25(46)17(38)7(3-32)18(39)26(11)47)12-27(48)19(40)8(4-33)20(41)28(12)49;/h1-4H2;/q-1;+1. The van der Waals surface area contributed by atoms with Crippen LogP contribution in [0.2, 0.25) is 0 Å². The van der Waals surface area contributed by atoms with Crippen LogP contribution in [0.15, 0.2) is 0 Å². The average Bonchev–Trinajstić information content (AvgIpc) is 3.06. The Kier molecular flexibility index (Phi) is 12.8. The molecule has 0 fully saturated rings. The second-order valence-electron chi connectivity index (χ2n) is 9.99. The second kappa shape index (κ2) is 15.3. The zero-order chi connectivity index (χ0) is 37.2. The Morgan fingerprint density at radius 2 is 0.380 bits per heavy atom. The Balaban J connectivity index is 0.00000676. The van der Waals surface area contributed by atoms with Crippen molar-refractivity contribution < 1.29 is 89.1 Å². The van der Waals surface area contributed by atoms with Crippen LogP contribution in [0, 0.1) is 93.1 Å². The van der Waals surface area contributed by atoms with Gasteiger partial charge in [0.2, 0.25) is 0 Å². The molecule has 0 aliphatic rings. The molecule has 0 atom stereocenters. The molecule has 0 bridgehead atoms. The quantitative estimate of drug-likeness (QED) is 0.0990. The molecule has 0 heterocycles. The summed E-state index contributed by atoms with van der Waals surface area (Å²) < 4.78 is 251. The van der Waals surface area contributed by atoms with Crippen molar-refractivity contribution in [2.24, 2.45) is 0 Å². The van der Waals surface area contributed by atoms with Gasteiger partial charge in [0.1, 0.15) is 52.7 Å². The van der Waals surface area contributed by atoms with Gasteiger partial charge in [-0.15, -0.1) is 68.3 Å². The Labute approximate surface area is 301 Å². The summed E-state index contributed by atoms with van der Waals surface area (Å²) in [5, 5.41) is 0. The molecule has 4 aromatic carbocycles. The fraction of sp³-hybridized carbons (Fsp3) is 0.143. The van der Waals surface area contributed by atoms with Crippen molar-refractivity contribution in [3.05, 3.63) is 115 Å². The molecule has 4 rings (SSSR count). The van der Waals surface area contributed by atoms with Crippen molar-refractivity contribution in [2.45, 2.75) is 23.5 Å². The van der Waals surface area contributed by atoms with Gasteiger partial charge in [-0.3, -0.25) is 0 Å². The number of halogens is 20. The zero-order valence-electron chi connectivity index (χ0n) is 24.0. The number of hydrogen-bond donors (Lipinski definition) is 0. The largest absolute Gasteiger partial charge is 1.00 e. The van der Waals surface area contributed by atoms with Crippen LogP contribution >= 0.6 is 46.4 Å². The van der Waals surface area contributed by atoms with E-state index in [1.807, 2.05) is 0 Å². The minimum absolute atomic E-state index is 0. The molecule has 0 nitrogen and oxygen atoms in total. The summed E-state index contributed by atoms with van der Waals surface area (Å²) in [6, 6.07) is 0. The molecular weight excluding hydrogens is 800 g/mol. The van der Waals surface area contributed by atoms with E-state index >= 15 is 70.2 Å². The fourth-order valence-electron chi connectivity index (χ4n) is 5.63. The predicted octanol–water partition coefficient (Wildman–Crippen LogP) is 5.25. The van der Waals surface area contributed by atoms with Crippen molar-refractivity contribution in [2.75, 3.05) is 0 Å². The number of benzene rings is 4. The number of alkyl halides is 4. The van der Waals surface area contributed by atoms with E-state index in [0.717, 1.165) is 0 Å². The van der Waals surface area contributed by atoms with Gasteiger partial charge < -0.3 is 0 Å². The van der Waals surface area contributed by atoms with Crippen LogP contribution < -0.4 is 40.7 Å². The van der Waals surface area contributed by atoms with Gasteiger partial charge in [-0.25, -0.2) is 70.2 Å². The Bertz CT molecular complexity index is 1650. The molecular formula is C28H8BCl4F16Li. The summed E-state index contributed by atoms with van der Waals surface area (Å²) in [5.74, 6) is -54.1. The summed E-state index contributed by atoms with van der Waals surface area (Å²) in [7, 11) is 0. The van der Waals surface area contributed by atoms with Crippen LogP contribution in [0.4, 0.5) is 70.2 Å². The molecule has 0 unspecified atom stereocenters. The normalized spacial score (nSPS) is 11.8. The van der Waals surface area contributed by atoms with E-state index in [0.29, 0.717) is 0 Å². The van der Waals surface area contributed by atoms with Gasteiger partial charge in [0.25, 0.3) is 0 Å². The first-order valence-electron chi connectivity index (χ1n) is 12.7. The van der Waals surface area contributed by atoms with Gasteiger partial charge in [0.15, 0.2) is 46.5 Å². The van der Waals surface area contributed by atoms with E-state index in [-0.39, 0.29) is 18.9 Å². The summed E-state index contributed by atoms with van der Waals surface area (Å²) in [6.45, 7) is 0. The first-order valence-corrected chi connectivity index (χ1v) is 14.8. The number of rotatable bonds is 8. The Morgan fingerprint density at radius 3 is 0.480 bits per heavy atom. The van der Waals surface area contributed by atoms with Crippen LogP contribution in [0.25, 0.3) is 0 Å². The molecule has 264 valence electrons. The molecule has 0 amide bonds. The van der Waals surface area contributed by atoms with Crippen molar-refractivity contribution in [1.29, 1.82) is 0 Å². The maximum Gasteiger partial charge on any atom is 1.00 e. The van der Waals surface area contributed by atoms with Crippen LogP contribution in [-0.2, 0) is 23.5 Å². The zero-order valence-corrected chi connectivity index (χ0v) is 27.0. The number of hydrogen-bond acceptors (Lipinski definition) is 0. The van der Waals surface area contributed by atoms with Crippen molar-refractivity contribution in [1.82, 2.24) is 0 Å². The van der Waals surface area contributed by atoms with Gasteiger partial charge in [0, 0.05) is 22.3 Å². The molecule has 0 saturated heterocycles. The van der Waals surface area contributed by atoms with Gasteiger partial charge in [-0.2, -0.15) is 0 Å². The molecule has 22 heteroatoms. The third-order valence-electron chi connectivity index (χ3n) is 7.82. The molecule has 50 heavy (non-hydrogen) atoms. The van der Waals surface area contributed by atoms with Gasteiger partial charge >= 0.3 is 18.9 Å². The monoisotopic (exact) mass is 806 g/mol. The molecule has 4 aromatic rings. The summed E-state index contributed by atoms with van der Waals surface area (Å²) in [5.41, 5.74) is -19.8. The van der Waals surface area contributed by atoms with Crippen LogP contribution in [0.1, 0.15) is 22.3 Å². The Hall–Kier alpha value is -2.42. The minimum atomic E-state index is -6.75. The minimum Gasteiger partial charge on any atom is -0.207 e. The second-order valence-corrected chi connectivity index (χ2v) is 11.1. The van der Waals surface area contributed by atoms with Crippen LogP contribution in [0.5, 0.6) is 0 Å². The molecule has 0 N–H and O–H groups in total. The summed E-state index contributed by atoms with van der Waals surface area (Å²) in [4.78, 5) is 0. The summed E-state index contributed by atoms with van der Waals surface area (Å²) in [6.07, 6.45) is -6.75. The topological polar surface area (TPSA) is 0 Å². The van der Waals surface area contributed by atoms with E-state index in [1.165, 1.54) is 0 Å². The fourth-order valence-corrected chi connectivity index (χ4v) is 6.57. The molecule has 0 spiro atoms. The molecule has 0 aliphatic heterocycles. The van der Waals surface area contributed by atoms with E-state index in [1.54, 1.807) is 0 Å².